The normalized spacial score (nSPS) is 11.5. The summed E-state index contributed by atoms with van der Waals surface area (Å²) < 4.78 is 43.4. The van der Waals surface area contributed by atoms with E-state index in [0.29, 0.717) is 45.2 Å². The van der Waals surface area contributed by atoms with E-state index in [1.165, 1.54) is 12.1 Å². The third-order valence-corrected chi connectivity index (χ3v) is 6.95. The highest BCUT2D eigenvalue weighted by molar-refractivity contribution is 7.90. The fraction of sp³-hybridized carbons (Fsp3) is 0.304. The van der Waals surface area contributed by atoms with Crippen LogP contribution >= 0.6 is 11.3 Å². The van der Waals surface area contributed by atoms with Gasteiger partial charge in [0.1, 0.15) is 16.5 Å². The highest BCUT2D eigenvalue weighted by Gasteiger charge is 2.18. The highest BCUT2D eigenvalue weighted by atomic mass is 32.2. The smallest absolute Gasteiger partial charge is 0.325 e. The van der Waals surface area contributed by atoms with Crippen LogP contribution in [0.3, 0.4) is 0 Å². The summed E-state index contributed by atoms with van der Waals surface area (Å²) in [5, 5.41) is 5.77. The first-order chi connectivity index (χ1) is 15.5. The predicted molar refractivity (Wildman–Crippen MR) is 129 cm³/mol. The fourth-order valence-corrected chi connectivity index (χ4v) is 4.70. The van der Waals surface area contributed by atoms with Crippen LogP contribution in [0.4, 0.5) is 20.0 Å². The lowest BCUT2D eigenvalue weighted by atomic mass is 10.1. The molecule has 176 valence electrons. The van der Waals surface area contributed by atoms with Crippen molar-refractivity contribution in [3.05, 3.63) is 54.0 Å². The minimum absolute atomic E-state index is 0.325. The summed E-state index contributed by atoms with van der Waals surface area (Å²) in [7, 11) is -3.66. The van der Waals surface area contributed by atoms with Crippen LogP contribution in [0.1, 0.15) is 26.0 Å². The molecule has 0 saturated carbocycles. The summed E-state index contributed by atoms with van der Waals surface area (Å²) in [5.41, 5.74) is 1.59. The molecule has 2 amide bonds. The number of thiazole rings is 1. The van der Waals surface area contributed by atoms with Crippen molar-refractivity contribution in [2.45, 2.75) is 32.1 Å². The van der Waals surface area contributed by atoms with Crippen LogP contribution in [0.25, 0.3) is 10.4 Å². The number of hydrogen-bond donors (Lipinski definition) is 2. The lowest BCUT2D eigenvalue weighted by Gasteiger charge is -2.13. The minimum Gasteiger partial charge on any atom is -0.491 e. The lowest BCUT2D eigenvalue weighted by Crippen LogP contribution is -2.20. The molecule has 7 nitrogen and oxygen atoms in total. The SMILES string of the molecule is Cc1nc(NC(=O)Nc2ccccc2OCCC(C)C)sc1-c1ccc(S(C)(=O)=O)c(F)c1. The Morgan fingerprint density at radius 3 is 2.58 bits per heavy atom. The van der Waals surface area contributed by atoms with E-state index in [4.69, 9.17) is 4.74 Å². The zero-order chi connectivity index (χ0) is 24.2. The molecule has 0 saturated heterocycles. The van der Waals surface area contributed by atoms with Crippen LogP contribution in [0.15, 0.2) is 47.4 Å². The van der Waals surface area contributed by atoms with Gasteiger partial charge in [0.25, 0.3) is 0 Å². The molecule has 1 heterocycles. The molecule has 2 aromatic carbocycles. The standard InChI is InChI=1S/C23H26FN3O4S2/c1-14(2)11-12-31-19-8-6-5-7-18(19)26-22(28)27-23-25-15(3)21(32-23)16-9-10-20(17(24)13-16)33(4,29)30/h5-10,13-14H,11-12H2,1-4H3,(H2,25,26,27,28). The molecular formula is C23H26FN3O4S2. The van der Waals surface area contributed by atoms with Crippen molar-refractivity contribution in [1.29, 1.82) is 0 Å². The maximum absolute atomic E-state index is 14.3. The molecule has 0 aliphatic heterocycles. The molecule has 33 heavy (non-hydrogen) atoms. The number of amides is 2. The maximum atomic E-state index is 14.3. The summed E-state index contributed by atoms with van der Waals surface area (Å²) >= 11 is 1.16. The van der Waals surface area contributed by atoms with Gasteiger partial charge in [-0.25, -0.2) is 22.6 Å². The monoisotopic (exact) mass is 491 g/mol. The molecular weight excluding hydrogens is 465 g/mol. The summed E-state index contributed by atoms with van der Waals surface area (Å²) in [6, 6.07) is 10.6. The number of ether oxygens (including phenoxy) is 1. The number of nitrogens with one attached hydrogen (secondary N) is 2. The molecule has 1 aromatic heterocycles. The molecule has 0 unspecified atom stereocenters. The molecule has 0 spiro atoms. The van der Waals surface area contributed by atoms with Crippen LogP contribution in [-0.4, -0.2) is 32.3 Å². The first-order valence-electron chi connectivity index (χ1n) is 10.3. The summed E-state index contributed by atoms with van der Waals surface area (Å²) in [4.78, 5) is 17.1. The summed E-state index contributed by atoms with van der Waals surface area (Å²) in [5.74, 6) is 0.252. The Bertz CT molecular complexity index is 1260. The fourth-order valence-electron chi connectivity index (χ4n) is 3.01. The van der Waals surface area contributed by atoms with E-state index in [9.17, 15) is 17.6 Å². The Hall–Kier alpha value is -2.98. The Balaban J connectivity index is 1.72. The van der Waals surface area contributed by atoms with Crippen molar-refractivity contribution < 1.29 is 22.3 Å². The second kappa shape index (κ2) is 10.3. The van der Waals surface area contributed by atoms with E-state index in [0.717, 1.165) is 30.1 Å². The number of benzene rings is 2. The van der Waals surface area contributed by atoms with Crippen LogP contribution < -0.4 is 15.4 Å². The van der Waals surface area contributed by atoms with Gasteiger partial charge in [-0.05, 0) is 49.1 Å². The molecule has 2 N–H and O–H groups in total. The number of sulfone groups is 1. The Morgan fingerprint density at radius 1 is 1.18 bits per heavy atom. The van der Waals surface area contributed by atoms with E-state index < -0.39 is 21.7 Å². The van der Waals surface area contributed by atoms with Gasteiger partial charge in [-0.1, -0.05) is 43.4 Å². The Morgan fingerprint density at radius 2 is 1.91 bits per heavy atom. The van der Waals surface area contributed by atoms with E-state index in [-0.39, 0.29) is 4.90 Å². The van der Waals surface area contributed by atoms with Gasteiger partial charge >= 0.3 is 6.03 Å². The number of para-hydroxylation sites is 2. The van der Waals surface area contributed by atoms with Crippen molar-refractivity contribution in [2.75, 3.05) is 23.5 Å². The van der Waals surface area contributed by atoms with Crippen molar-refractivity contribution >= 4 is 38.0 Å². The zero-order valence-corrected chi connectivity index (χ0v) is 20.4. The van der Waals surface area contributed by atoms with Crippen LogP contribution in [0.2, 0.25) is 0 Å². The Kier molecular flexibility index (Phi) is 7.70. The second-order valence-electron chi connectivity index (χ2n) is 7.96. The van der Waals surface area contributed by atoms with Gasteiger partial charge in [0.2, 0.25) is 0 Å². The molecule has 3 rings (SSSR count). The largest absolute Gasteiger partial charge is 0.491 e. The molecule has 0 aliphatic carbocycles. The molecule has 0 fully saturated rings. The lowest BCUT2D eigenvalue weighted by molar-refractivity contribution is 0.261. The molecule has 3 aromatic rings. The first kappa shape index (κ1) is 24.7. The van der Waals surface area contributed by atoms with Gasteiger partial charge < -0.3 is 10.1 Å². The summed E-state index contributed by atoms with van der Waals surface area (Å²) in [6.07, 6.45) is 1.85. The minimum atomic E-state index is -3.66. The molecule has 0 atom stereocenters. The van der Waals surface area contributed by atoms with E-state index in [2.05, 4.69) is 29.5 Å². The zero-order valence-electron chi connectivity index (χ0n) is 18.8. The van der Waals surface area contributed by atoms with E-state index in [1.807, 2.05) is 6.07 Å². The molecule has 0 aliphatic rings. The number of halogens is 1. The van der Waals surface area contributed by atoms with Gasteiger partial charge in [0, 0.05) is 6.26 Å². The number of nitrogens with zero attached hydrogens (tertiary/aromatic N) is 1. The topological polar surface area (TPSA) is 97.4 Å². The average Bonchev–Trinajstić information content (AvgIpc) is 3.07. The average molecular weight is 492 g/mol. The number of carbonyl (C=O) groups excluding carboxylic acids is 1. The number of aromatic nitrogens is 1. The van der Waals surface area contributed by atoms with Crippen molar-refractivity contribution in [3.8, 4) is 16.2 Å². The van der Waals surface area contributed by atoms with Gasteiger partial charge in [-0.3, -0.25) is 5.32 Å². The van der Waals surface area contributed by atoms with Crippen molar-refractivity contribution in [2.24, 2.45) is 5.92 Å². The van der Waals surface area contributed by atoms with Crippen LogP contribution in [0, 0.1) is 18.7 Å². The molecule has 10 heteroatoms. The van der Waals surface area contributed by atoms with Gasteiger partial charge in [0.15, 0.2) is 15.0 Å². The number of carbonyl (C=O) groups is 1. The Labute approximate surface area is 196 Å². The number of urea groups is 1. The highest BCUT2D eigenvalue weighted by Crippen LogP contribution is 2.34. The third-order valence-electron chi connectivity index (χ3n) is 4.70. The van der Waals surface area contributed by atoms with E-state index in [1.54, 1.807) is 25.1 Å². The van der Waals surface area contributed by atoms with Gasteiger partial charge in [-0.15, -0.1) is 0 Å². The number of aryl methyl sites for hydroxylation is 1. The van der Waals surface area contributed by atoms with Gasteiger partial charge in [-0.2, -0.15) is 0 Å². The van der Waals surface area contributed by atoms with E-state index >= 15 is 0 Å². The molecule has 0 radical (unpaired) electrons. The first-order valence-corrected chi connectivity index (χ1v) is 13.0. The number of anilines is 2. The third kappa shape index (κ3) is 6.52. The second-order valence-corrected chi connectivity index (χ2v) is 10.9. The van der Waals surface area contributed by atoms with Gasteiger partial charge in [0.05, 0.1) is 22.9 Å². The number of hydrogen-bond acceptors (Lipinski definition) is 6. The van der Waals surface area contributed by atoms with Crippen LogP contribution in [-0.2, 0) is 9.84 Å². The van der Waals surface area contributed by atoms with Crippen LogP contribution in [0.5, 0.6) is 5.75 Å². The maximum Gasteiger partial charge on any atom is 0.325 e. The molecule has 0 bridgehead atoms. The quantitative estimate of drug-likeness (QED) is 0.419. The van der Waals surface area contributed by atoms with Crippen molar-refractivity contribution in [3.63, 3.8) is 0 Å². The predicted octanol–water partition coefficient (Wildman–Crippen LogP) is 5.73. The number of rotatable bonds is 8. The summed E-state index contributed by atoms with van der Waals surface area (Å²) in [6.45, 7) is 6.50. The van der Waals surface area contributed by atoms with Crippen molar-refractivity contribution in [1.82, 2.24) is 4.98 Å².